The fourth-order valence-corrected chi connectivity index (χ4v) is 5.64. The summed E-state index contributed by atoms with van der Waals surface area (Å²) < 4.78 is 5.65. The zero-order chi connectivity index (χ0) is 25.5. The number of urea groups is 1. The summed E-state index contributed by atoms with van der Waals surface area (Å²) in [5.41, 5.74) is 12.9. The number of nitrogens with one attached hydrogen (secondary N) is 2. The Morgan fingerprint density at radius 1 is 1.00 bits per heavy atom. The van der Waals surface area contributed by atoms with E-state index in [1.54, 1.807) is 18.2 Å². The Balaban J connectivity index is 1.43. The highest BCUT2D eigenvalue weighted by molar-refractivity contribution is 7.20. The molecule has 0 aliphatic heterocycles. The summed E-state index contributed by atoms with van der Waals surface area (Å²) in [6.45, 7) is 0.611. The van der Waals surface area contributed by atoms with Crippen LogP contribution in [-0.4, -0.2) is 30.5 Å². The third-order valence-electron chi connectivity index (χ3n) is 6.31. The number of para-hydroxylation sites is 1. The van der Waals surface area contributed by atoms with Gasteiger partial charge in [-0.05, 0) is 61.1 Å². The Bertz CT molecular complexity index is 1220. The highest BCUT2D eigenvalue weighted by Gasteiger charge is 2.31. The fraction of sp³-hybridized carbons (Fsp3) is 0.296. The van der Waals surface area contributed by atoms with Gasteiger partial charge in [-0.3, -0.25) is 10.1 Å². The summed E-state index contributed by atoms with van der Waals surface area (Å²) in [6, 6.07) is 17.6. The molecule has 9 heteroatoms. The van der Waals surface area contributed by atoms with E-state index in [4.69, 9.17) is 16.2 Å². The Hall–Kier alpha value is -3.69. The van der Waals surface area contributed by atoms with E-state index in [1.165, 1.54) is 11.3 Å². The number of hydrogen-bond donors (Lipinski definition) is 4. The molecule has 0 radical (unpaired) electrons. The number of nitrogens with two attached hydrogens (primary N) is 2. The van der Waals surface area contributed by atoms with Gasteiger partial charge in [-0.1, -0.05) is 55.3 Å². The van der Waals surface area contributed by atoms with Gasteiger partial charge < -0.3 is 21.5 Å². The lowest BCUT2D eigenvalue weighted by Gasteiger charge is -2.23. The zero-order valence-electron chi connectivity index (χ0n) is 19.9. The number of amides is 3. The predicted octanol–water partition coefficient (Wildman–Crippen LogP) is 4.30. The van der Waals surface area contributed by atoms with Crippen molar-refractivity contribution >= 4 is 34.2 Å². The van der Waals surface area contributed by atoms with Gasteiger partial charge in [0.1, 0.15) is 16.8 Å². The first-order valence-electron chi connectivity index (χ1n) is 12.0. The van der Waals surface area contributed by atoms with Crippen LogP contribution in [0.3, 0.4) is 0 Å². The quantitative estimate of drug-likeness (QED) is 0.240. The number of thiophene rings is 1. The Morgan fingerprint density at radius 3 is 2.44 bits per heavy atom. The number of benzene rings is 2. The second kappa shape index (κ2) is 11.8. The van der Waals surface area contributed by atoms with Gasteiger partial charge in [-0.2, -0.15) is 0 Å². The third-order valence-corrected chi connectivity index (χ3v) is 7.41. The molecular weight excluding hydrogens is 476 g/mol. The minimum atomic E-state index is -0.756. The summed E-state index contributed by atoms with van der Waals surface area (Å²) in [5, 5.41) is 6.24. The van der Waals surface area contributed by atoms with Crippen molar-refractivity contribution in [2.75, 3.05) is 11.9 Å². The topological polar surface area (TPSA) is 137 Å². The number of carbonyl (C=O) groups is 3. The maximum Gasteiger partial charge on any atom is 0.328 e. The van der Waals surface area contributed by atoms with Crippen LogP contribution >= 0.6 is 11.3 Å². The average molecular weight is 507 g/mol. The van der Waals surface area contributed by atoms with Crippen molar-refractivity contribution in [2.24, 2.45) is 17.4 Å². The van der Waals surface area contributed by atoms with Crippen LogP contribution < -0.4 is 26.8 Å². The molecule has 1 saturated carbocycles. The second-order valence-corrected chi connectivity index (χ2v) is 9.92. The minimum absolute atomic E-state index is 0.220. The second-order valence-electron chi connectivity index (χ2n) is 8.87. The molecule has 1 aromatic heterocycles. The SMILES string of the molecule is NC(=O)Nc1sc(-c2cccc(CCNC(C(=O)Oc3ccccc3)C3CCCC3)c2)cc1C(N)=O. The van der Waals surface area contributed by atoms with Crippen LogP contribution in [0.1, 0.15) is 41.6 Å². The van der Waals surface area contributed by atoms with Gasteiger partial charge in [0.25, 0.3) is 5.91 Å². The van der Waals surface area contributed by atoms with Crippen LogP contribution in [-0.2, 0) is 11.2 Å². The molecule has 1 aliphatic rings. The first kappa shape index (κ1) is 25.4. The Morgan fingerprint density at radius 2 is 1.75 bits per heavy atom. The molecule has 6 N–H and O–H groups in total. The molecule has 2 aromatic carbocycles. The van der Waals surface area contributed by atoms with Crippen molar-refractivity contribution in [1.82, 2.24) is 5.32 Å². The molecule has 1 heterocycles. The summed E-state index contributed by atoms with van der Waals surface area (Å²) in [5.74, 6) is -0.0608. The van der Waals surface area contributed by atoms with Crippen LogP contribution in [0.2, 0.25) is 0 Å². The van der Waals surface area contributed by atoms with Crippen molar-refractivity contribution in [3.8, 4) is 16.2 Å². The highest BCUT2D eigenvalue weighted by atomic mass is 32.1. The molecule has 0 saturated heterocycles. The number of anilines is 1. The molecular formula is C27H30N4O4S. The molecule has 188 valence electrons. The molecule has 0 bridgehead atoms. The van der Waals surface area contributed by atoms with E-state index in [1.807, 2.05) is 42.5 Å². The van der Waals surface area contributed by atoms with Gasteiger partial charge in [-0.25, -0.2) is 9.59 Å². The van der Waals surface area contributed by atoms with Crippen molar-refractivity contribution in [3.63, 3.8) is 0 Å². The molecule has 1 unspecified atom stereocenters. The van der Waals surface area contributed by atoms with Gasteiger partial charge in [0.15, 0.2) is 0 Å². The van der Waals surface area contributed by atoms with Crippen LogP contribution in [0, 0.1) is 5.92 Å². The van der Waals surface area contributed by atoms with Gasteiger partial charge in [-0.15, -0.1) is 11.3 Å². The Kier molecular flexibility index (Phi) is 8.35. The van der Waals surface area contributed by atoms with E-state index in [-0.39, 0.29) is 23.5 Å². The summed E-state index contributed by atoms with van der Waals surface area (Å²) >= 11 is 1.24. The van der Waals surface area contributed by atoms with E-state index in [0.717, 1.165) is 41.7 Å². The van der Waals surface area contributed by atoms with E-state index < -0.39 is 11.9 Å². The number of rotatable bonds is 10. The first-order valence-corrected chi connectivity index (χ1v) is 12.8. The summed E-state index contributed by atoms with van der Waals surface area (Å²) in [4.78, 5) is 36.9. The van der Waals surface area contributed by atoms with Crippen LogP contribution in [0.4, 0.5) is 9.80 Å². The number of primary amides is 2. The number of ether oxygens (including phenoxy) is 1. The molecule has 3 amide bonds. The average Bonchev–Trinajstić information content (AvgIpc) is 3.53. The predicted molar refractivity (Wildman–Crippen MR) is 141 cm³/mol. The molecule has 8 nitrogen and oxygen atoms in total. The van der Waals surface area contributed by atoms with E-state index in [0.29, 0.717) is 23.7 Å². The largest absolute Gasteiger partial charge is 0.425 e. The molecule has 1 fully saturated rings. The molecule has 0 spiro atoms. The third kappa shape index (κ3) is 6.50. The van der Waals surface area contributed by atoms with E-state index in [9.17, 15) is 14.4 Å². The molecule has 3 aromatic rings. The van der Waals surface area contributed by atoms with Gasteiger partial charge in [0.05, 0.1) is 5.56 Å². The van der Waals surface area contributed by atoms with E-state index >= 15 is 0 Å². The maximum absolute atomic E-state index is 13.0. The van der Waals surface area contributed by atoms with Gasteiger partial charge in [0.2, 0.25) is 0 Å². The van der Waals surface area contributed by atoms with E-state index in [2.05, 4.69) is 10.6 Å². The van der Waals surface area contributed by atoms with Crippen LogP contribution in [0.5, 0.6) is 5.75 Å². The van der Waals surface area contributed by atoms with Gasteiger partial charge in [0, 0.05) is 4.88 Å². The highest BCUT2D eigenvalue weighted by Crippen LogP contribution is 2.35. The van der Waals surface area contributed by atoms with Crippen molar-refractivity contribution in [1.29, 1.82) is 0 Å². The van der Waals surface area contributed by atoms with Crippen molar-refractivity contribution in [2.45, 2.75) is 38.1 Å². The standard InChI is InChI=1S/C27H30N4O4S/c28-24(32)21-16-22(36-25(21)31-27(29)34)19-10-6-7-17(15-19)13-14-30-23(18-8-4-5-9-18)26(33)35-20-11-2-1-3-12-20/h1-3,6-7,10-12,15-16,18,23,30H,4-5,8-9,13-14H2,(H2,28,32)(H3,29,31,34). The smallest absolute Gasteiger partial charge is 0.328 e. The number of hydrogen-bond acceptors (Lipinski definition) is 6. The molecule has 1 aliphatic carbocycles. The van der Waals surface area contributed by atoms with Gasteiger partial charge >= 0.3 is 12.0 Å². The molecule has 36 heavy (non-hydrogen) atoms. The lowest BCUT2D eigenvalue weighted by molar-refractivity contribution is -0.138. The van der Waals surface area contributed by atoms with Crippen molar-refractivity contribution in [3.05, 3.63) is 71.8 Å². The summed E-state index contributed by atoms with van der Waals surface area (Å²) in [7, 11) is 0. The lowest BCUT2D eigenvalue weighted by atomic mass is 9.97. The molecule has 4 rings (SSSR count). The lowest BCUT2D eigenvalue weighted by Crippen LogP contribution is -2.45. The summed E-state index contributed by atoms with van der Waals surface area (Å²) in [6.07, 6.45) is 4.99. The minimum Gasteiger partial charge on any atom is -0.425 e. The monoisotopic (exact) mass is 506 g/mol. The number of carbonyl (C=O) groups excluding carboxylic acids is 3. The van der Waals surface area contributed by atoms with Crippen LogP contribution in [0.25, 0.3) is 10.4 Å². The molecule has 1 atom stereocenters. The van der Waals surface area contributed by atoms with Crippen LogP contribution in [0.15, 0.2) is 60.7 Å². The maximum atomic E-state index is 13.0. The Labute approximate surface area is 214 Å². The zero-order valence-corrected chi connectivity index (χ0v) is 20.7. The fourth-order valence-electron chi connectivity index (χ4n) is 4.57. The first-order chi connectivity index (χ1) is 17.4. The normalized spacial score (nSPS) is 14.3. The number of esters is 1. The van der Waals surface area contributed by atoms with Crippen molar-refractivity contribution < 1.29 is 19.1 Å².